The summed E-state index contributed by atoms with van der Waals surface area (Å²) in [6.45, 7) is 11.7. The molecule has 2 aliphatic heterocycles. The van der Waals surface area contributed by atoms with Crippen molar-refractivity contribution in [2.75, 3.05) is 27.2 Å². The van der Waals surface area contributed by atoms with Crippen molar-refractivity contribution in [3.05, 3.63) is 0 Å². The van der Waals surface area contributed by atoms with Gasteiger partial charge in [0.25, 0.3) is 0 Å². The van der Waals surface area contributed by atoms with Crippen molar-refractivity contribution in [2.24, 2.45) is 11.8 Å². The van der Waals surface area contributed by atoms with Crippen LogP contribution in [0.1, 0.15) is 86.5 Å². The van der Waals surface area contributed by atoms with E-state index in [-0.39, 0.29) is 30.4 Å². The Bertz CT molecular complexity index is 805. The van der Waals surface area contributed by atoms with Gasteiger partial charge < -0.3 is 34.9 Å². The SMILES string of the molecule is CO[C@]1(C)C[C@H](O[C@H]2CC[C@](C)(O)CCCN(C)C(=O)[C@H](CC(C)C)NC(=O)CNC(=O)C2C)O[C@@H](C)C1. The van der Waals surface area contributed by atoms with Gasteiger partial charge in [0.15, 0.2) is 6.29 Å². The molecule has 3 amide bonds. The molecular formula is C28H51N3O7. The molecule has 38 heavy (non-hydrogen) atoms. The van der Waals surface area contributed by atoms with Crippen molar-refractivity contribution < 1.29 is 33.7 Å². The highest BCUT2D eigenvalue weighted by Gasteiger charge is 2.40. The number of rotatable bonds is 5. The number of carbonyl (C=O) groups is 3. The van der Waals surface area contributed by atoms with Crippen molar-refractivity contribution in [1.82, 2.24) is 15.5 Å². The van der Waals surface area contributed by atoms with Gasteiger partial charge >= 0.3 is 0 Å². The average molecular weight is 542 g/mol. The topological polar surface area (TPSA) is 126 Å². The number of hydrogen-bond acceptors (Lipinski definition) is 7. The molecule has 0 bridgehead atoms. The van der Waals surface area contributed by atoms with E-state index in [1.165, 1.54) is 0 Å². The lowest BCUT2D eigenvalue weighted by atomic mass is 9.88. The number of likely N-dealkylation sites (N-methyl/N-ethyl adjacent to an activating group) is 1. The summed E-state index contributed by atoms with van der Waals surface area (Å²) in [5.74, 6) is -1.32. The molecule has 10 nitrogen and oxygen atoms in total. The number of aliphatic hydroxyl groups is 1. The molecule has 220 valence electrons. The quantitative estimate of drug-likeness (QED) is 0.488. The third-order valence-corrected chi connectivity index (χ3v) is 7.81. The molecule has 3 N–H and O–H groups in total. The number of carbonyl (C=O) groups excluding carboxylic acids is 3. The van der Waals surface area contributed by atoms with E-state index < -0.39 is 41.5 Å². The van der Waals surface area contributed by atoms with E-state index in [2.05, 4.69) is 10.6 Å². The molecule has 1 unspecified atom stereocenters. The van der Waals surface area contributed by atoms with Gasteiger partial charge in [-0.05, 0) is 58.8 Å². The highest BCUT2D eigenvalue weighted by Crippen LogP contribution is 2.34. The first kappa shape index (κ1) is 32.5. The zero-order valence-corrected chi connectivity index (χ0v) is 24.7. The molecule has 0 radical (unpaired) electrons. The summed E-state index contributed by atoms with van der Waals surface area (Å²) in [5.41, 5.74) is -1.39. The number of ether oxygens (including phenoxy) is 3. The monoisotopic (exact) mass is 541 g/mol. The van der Waals surface area contributed by atoms with Gasteiger partial charge in [0.2, 0.25) is 17.7 Å². The Morgan fingerprint density at radius 2 is 1.84 bits per heavy atom. The molecule has 0 aromatic rings. The highest BCUT2D eigenvalue weighted by molar-refractivity contribution is 5.90. The molecule has 7 atom stereocenters. The molecule has 2 saturated heterocycles. The second-order valence-corrected chi connectivity index (χ2v) is 12.3. The summed E-state index contributed by atoms with van der Waals surface area (Å²) in [6.07, 6.45) is 2.52. The first-order valence-electron chi connectivity index (χ1n) is 14.0. The summed E-state index contributed by atoms with van der Waals surface area (Å²) in [4.78, 5) is 40.5. The Hall–Kier alpha value is -1.75. The molecule has 0 aromatic carbocycles. The van der Waals surface area contributed by atoms with E-state index in [1.54, 1.807) is 32.9 Å². The first-order chi connectivity index (χ1) is 17.6. The predicted octanol–water partition coefficient (Wildman–Crippen LogP) is 2.37. The molecule has 2 fully saturated rings. The largest absolute Gasteiger partial charge is 0.390 e. The van der Waals surface area contributed by atoms with Crippen LogP contribution in [0.15, 0.2) is 0 Å². The number of methoxy groups -OCH3 is 1. The minimum atomic E-state index is -0.994. The fourth-order valence-corrected chi connectivity index (χ4v) is 5.36. The molecule has 2 aliphatic rings. The fourth-order valence-electron chi connectivity index (χ4n) is 5.36. The van der Waals surface area contributed by atoms with E-state index >= 15 is 0 Å². The van der Waals surface area contributed by atoms with E-state index in [0.717, 1.165) is 6.42 Å². The van der Waals surface area contributed by atoms with Gasteiger partial charge in [-0.1, -0.05) is 20.8 Å². The second kappa shape index (κ2) is 14.1. The molecular weight excluding hydrogens is 490 g/mol. The minimum Gasteiger partial charge on any atom is -0.390 e. The summed E-state index contributed by atoms with van der Waals surface area (Å²) in [6, 6.07) is -0.674. The summed E-state index contributed by atoms with van der Waals surface area (Å²) < 4.78 is 18.1. The third kappa shape index (κ3) is 10.1. The van der Waals surface area contributed by atoms with Crippen LogP contribution in [0.25, 0.3) is 0 Å². The number of amides is 3. The van der Waals surface area contributed by atoms with Crippen LogP contribution in [0.2, 0.25) is 0 Å². The predicted molar refractivity (Wildman–Crippen MR) is 144 cm³/mol. The zero-order valence-electron chi connectivity index (χ0n) is 24.7. The van der Waals surface area contributed by atoms with Crippen LogP contribution in [-0.2, 0) is 28.6 Å². The highest BCUT2D eigenvalue weighted by atomic mass is 16.7. The van der Waals surface area contributed by atoms with Crippen LogP contribution in [-0.4, -0.2) is 90.7 Å². The van der Waals surface area contributed by atoms with Gasteiger partial charge in [-0.15, -0.1) is 0 Å². The third-order valence-electron chi connectivity index (χ3n) is 7.81. The maximum Gasteiger partial charge on any atom is 0.244 e. The average Bonchev–Trinajstić information content (AvgIpc) is 2.82. The van der Waals surface area contributed by atoms with E-state index in [9.17, 15) is 19.5 Å². The van der Waals surface area contributed by atoms with Crippen molar-refractivity contribution in [3.8, 4) is 0 Å². The first-order valence-corrected chi connectivity index (χ1v) is 14.0. The molecule has 2 rings (SSSR count). The maximum atomic E-state index is 13.1. The standard InChI is InChI=1S/C28H51N3O7/c1-18(2)14-21-26(34)31(7)13-9-11-27(5,35)12-10-22(20(4)25(33)29-17-23(32)30-21)38-24-16-28(6,36-8)15-19(3)37-24/h18-22,24,35H,9-17H2,1-8H3,(H,29,33)(H,30,32)/t19-,20?,21-,22-,24-,27+,28-/m0/s1. The normalized spacial score (nSPS) is 37.2. The van der Waals surface area contributed by atoms with E-state index in [1.807, 2.05) is 27.7 Å². The molecule has 10 heteroatoms. The lowest BCUT2D eigenvalue weighted by molar-refractivity contribution is -0.257. The van der Waals surface area contributed by atoms with E-state index in [0.29, 0.717) is 45.1 Å². The Morgan fingerprint density at radius 3 is 2.47 bits per heavy atom. The van der Waals surface area contributed by atoms with Gasteiger partial charge in [0.1, 0.15) is 6.04 Å². The van der Waals surface area contributed by atoms with Crippen molar-refractivity contribution in [2.45, 2.75) is 122 Å². The van der Waals surface area contributed by atoms with Crippen LogP contribution >= 0.6 is 0 Å². The lowest BCUT2D eigenvalue weighted by Crippen LogP contribution is -2.52. The minimum absolute atomic E-state index is 0.0701. The van der Waals surface area contributed by atoms with Gasteiger partial charge in [-0.3, -0.25) is 14.4 Å². The van der Waals surface area contributed by atoms with Crippen LogP contribution in [0.3, 0.4) is 0 Å². The Morgan fingerprint density at radius 1 is 1.16 bits per heavy atom. The van der Waals surface area contributed by atoms with E-state index in [4.69, 9.17) is 14.2 Å². The van der Waals surface area contributed by atoms with Gasteiger partial charge in [0.05, 0.1) is 35.9 Å². The summed E-state index contributed by atoms with van der Waals surface area (Å²) in [5, 5.41) is 16.6. The summed E-state index contributed by atoms with van der Waals surface area (Å²) in [7, 11) is 3.39. The number of nitrogens with one attached hydrogen (secondary N) is 2. The van der Waals surface area contributed by atoms with Crippen LogP contribution < -0.4 is 10.6 Å². The van der Waals surface area contributed by atoms with Crippen LogP contribution in [0.5, 0.6) is 0 Å². The van der Waals surface area contributed by atoms with Gasteiger partial charge in [0, 0.05) is 33.5 Å². The number of hydrogen-bond donors (Lipinski definition) is 3. The van der Waals surface area contributed by atoms with Crippen molar-refractivity contribution in [3.63, 3.8) is 0 Å². The molecule has 0 aliphatic carbocycles. The Balaban J connectivity index is 2.22. The molecule has 2 heterocycles. The lowest BCUT2D eigenvalue weighted by Gasteiger charge is -2.42. The fraction of sp³-hybridized carbons (Fsp3) is 0.893. The van der Waals surface area contributed by atoms with Crippen LogP contribution in [0, 0.1) is 11.8 Å². The van der Waals surface area contributed by atoms with Crippen molar-refractivity contribution in [1.29, 1.82) is 0 Å². The second-order valence-electron chi connectivity index (χ2n) is 12.3. The van der Waals surface area contributed by atoms with Crippen LogP contribution in [0.4, 0.5) is 0 Å². The van der Waals surface area contributed by atoms with Crippen molar-refractivity contribution >= 4 is 17.7 Å². The Kier molecular flexibility index (Phi) is 12.0. The number of nitrogens with zero attached hydrogens (tertiary/aromatic N) is 1. The zero-order chi connectivity index (χ0) is 28.7. The molecule has 0 spiro atoms. The van der Waals surface area contributed by atoms with Gasteiger partial charge in [-0.2, -0.15) is 0 Å². The maximum absolute atomic E-state index is 13.1. The Labute approximate surface area is 228 Å². The van der Waals surface area contributed by atoms with Gasteiger partial charge in [-0.25, -0.2) is 0 Å². The summed E-state index contributed by atoms with van der Waals surface area (Å²) >= 11 is 0. The molecule has 0 saturated carbocycles. The smallest absolute Gasteiger partial charge is 0.244 e. The molecule has 0 aromatic heterocycles.